The summed E-state index contributed by atoms with van der Waals surface area (Å²) >= 11 is 0. The quantitative estimate of drug-likeness (QED) is 0.766. The lowest BCUT2D eigenvalue weighted by Crippen LogP contribution is -2.39. The molecule has 4 rings (SSSR count). The molecular formula is C18H19N5O3. The third-order valence-corrected chi connectivity index (χ3v) is 4.64. The van der Waals surface area contributed by atoms with Gasteiger partial charge in [0.2, 0.25) is 11.9 Å². The van der Waals surface area contributed by atoms with Gasteiger partial charge in [0.05, 0.1) is 29.5 Å². The van der Waals surface area contributed by atoms with Crippen molar-refractivity contribution in [3.05, 3.63) is 36.5 Å². The molecule has 0 unspecified atom stereocenters. The zero-order chi connectivity index (χ0) is 18.1. The second-order valence-corrected chi connectivity index (χ2v) is 6.44. The van der Waals surface area contributed by atoms with Crippen LogP contribution in [0.2, 0.25) is 0 Å². The van der Waals surface area contributed by atoms with Crippen molar-refractivity contribution in [3.63, 3.8) is 0 Å². The topological polar surface area (TPSA) is 111 Å². The molecule has 1 amide bonds. The summed E-state index contributed by atoms with van der Waals surface area (Å²) < 4.78 is 10.6. The van der Waals surface area contributed by atoms with Crippen LogP contribution in [-0.4, -0.2) is 34.1 Å². The summed E-state index contributed by atoms with van der Waals surface area (Å²) in [7, 11) is 0. The van der Waals surface area contributed by atoms with Gasteiger partial charge in [0.15, 0.2) is 5.76 Å². The van der Waals surface area contributed by atoms with E-state index in [4.69, 9.17) is 19.7 Å². The Morgan fingerprint density at radius 1 is 1.35 bits per heavy atom. The summed E-state index contributed by atoms with van der Waals surface area (Å²) in [6.07, 6.45) is 6.40. The second kappa shape index (κ2) is 6.62. The number of nitrogens with zero attached hydrogens (tertiary/aromatic N) is 4. The number of piperidine rings is 1. The molecule has 1 aliphatic heterocycles. The van der Waals surface area contributed by atoms with Crippen LogP contribution < -0.4 is 10.6 Å². The van der Waals surface area contributed by atoms with Crippen molar-refractivity contribution in [1.29, 1.82) is 0 Å². The highest BCUT2D eigenvalue weighted by Gasteiger charge is 2.25. The van der Waals surface area contributed by atoms with E-state index in [2.05, 4.69) is 15.0 Å². The normalized spacial score (nSPS) is 15.3. The number of hydrogen-bond donors (Lipinski definition) is 1. The number of anilines is 1. The van der Waals surface area contributed by atoms with Gasteiger partial charge >= 0.3 is 0 Å². The van der Waals surface area contributed by atoms with E-state index < -0.39 is 0 Å². The summed E-state index contributed by atoms with van der Waals surface area (Å²) in [6.45, 7) is 3.25. The van der Waals surface area contributed by atoms with E-state index >= 15 is 0 Å². The molecule has 0 aromatic carbocycles. The number of nitrogens with two attached hydrogens (primary N) is 1. The maximum absolute atomic E-state index is 11.4. The number of furan rings is 1. The number of aromatic nitrogens is 3. The van der Waals surface area contributed by atoms with Crippen LogP contribution in [0.4, 0.5) is 5.95 Å². The molecule has 0 bridgehead atoms. The molecular weight excluding hydrogens is 334 g/mol. The Morgan fingerprint density at radius 3 is 2.77 bits per heavy atom. The largest absolute Gasteiger partial charge is 0.472 e. The van der Waals surface area contributed by atoms with E-state index in [1.54, 1.807) is 18.7 Å². The van der Waals surface area contributed by atoms with Gasteiger partial charge in [-0.1, -0.05) is 5.16 Å². The molecule has 0 saturated carbocycles. The molecule has 3 aromatic rings. The first-order chi connectivity index (χ1) is 12.6. The molecule has 26 heavy (non-hydrogen) atoms. The van der Waals surface area contributed by atoms with E-state index in [0.29, 0.717) is 37.6 Å². The fraction of sp³-hybridized carbons (Fsp3) is 0.333. The fourth-order valence-electron chi connectivity index (χ4n) is 3.18. The van der Waals surface area contributed by atoms with E-state index in [0.717, 1.165) is 22.5 Å². The van der Waals surface area contributed by atoms with Crippen molar-refractivity contribution >= 4 is 11.9 Å². The van der Waals surface area contributed by atoms with Crippen molar-refractivity contribution in [2.24, 2.45) is 11.7 Å². The first-order valence-corrected chi connectivity index (χ1v) is 8.49. The van der Waals surface area contributed by atoms with Crippen LogP contribution in [0, 0.1) is 12.8 Å². The molecule has 8 heteroatoms. The Hall–Kier alpha value is -3.16. The zero-order valence-corrected chi connectivity index (χ0v) is 14.4. The van der Waals surface area contributed by atoms with Crippen LogP contribution in [0.15, 0.2) is 39.8 Å². The molecule has 1 saturated heterocycles. The van der Waals surface area contributed by atoms with Gasteiger partial charge in [-0.25, -0.2) is 9.97 Å². The molecule has 3 aromatic heterocycles. The van der Waals surface area contributed by atoms with Crippen LogP contribution in [-0.2, 0) is 4.79 Å². The summed E-state index contributed by atoms with van der Waals surface area (Å²) in [5.74, 6) is 0.915. The molecule has 2 N–H and O–H groups in total. The lowest BCUT2D eigenvalue weighted by molar-refractivity contribution is -0.122. The Kier molecular flexibility index (Phi) is 4.16. The average molecular weight is 353 g/mol. The van der Waals surface area contributed by atoms with Gasteiger partial charge in [0, 0.05) is 36.8 Å². The maximum atomic E-state index is 11.4. The smallest absolute Gasteiger partial charge is 0.225 e. The summed E-state index contributed by atoms with van der Waals surface area (Å²) in [5.41, 5.74) is 8.51. The van der Waals surface area contributed by atoms with Crippen LogP contribution >= 0.6 is 0 Å². The first kappa shape index (κ1) is 16.3. The standard InChI is InChI=1S/C18H19N5O3/c1-11-8-15(26-22-11)14-9-20-18(21-16(14)13-4-7-25-10-13)23-5-2-12(3-6-23)17(19)24/h4,7-10,12H,2-3,5-6H2,1H3,(H2,19,24). The second-order valence-electron chi connectivity index (χ2n) is 6.44. The Labute approximate surface area is 150 Å². The van der Waals surface area contributed by atoms with E-state index in [9.17, 15) is 4.79 Å². The first-order valence-electron chi connectivity index (χ1n) is 8.49. The van der Waals surface area contributed by atoms with Gasteiger partial charge in [-0.15, -0.1) is 0 Å². The lowest BCUT2D eigenvalue weighted by atomic mass is 9.96. The van der Waals surface area contributed by atoms with Crippen molar-refractivity contribution in [3.8, 4) is 22.6 Å². The minimum atomic E-state index is -0.235. The molecule has 0 radical (unpaired) electrons. The Balaban J connectivity index is 1.68. The molecule has 8 nitrogen and oxygen atoms in total. The molecule has 1 fully saturated rings. The predicted octanol–water partition coefficient (Wildman–Crippen LogP) is 2.40. The van der Waals surface area contributed by atoms with Crippen molar-refractivity contribution in [2.75, 3.05) is 18.0 Å². The number of carbonyl (C=O) groups excluding carboxylic acids is 1. The van der Waals surface area contributed by atoms with Crippen LogP contribution in [0.25, 0.3) is 22.6 Å². The number of aryl methyl sites for hydroxylation is 1. The maximum Gasteiger partial charge on any atom is 0.225 e. The van der Waals surface area contributed by atoms with E-state index in [1.807, 2.05) is 19.1 Å². The van der Waals surface area contributed by atoms with Gasteiger partial charge in [-0.2, -0.15) is 0 Å². The predicted molar refractivity (Wildman–Crippen MR) is 94.1 cm³/mol. The zero-order valence-electron chi connectivity index (χ0n) is 14.4. The molecule has 0 atom stereocenters. The average Bonchev–Trinajstić information content (AvgIpc) is 3.33. The highest BCUT2D eigenvalue weighted by molar-refractivity contribution is 5.78. The number of hydrogen-bond acceptors (Lipinski definition) is 7. The van der Waals surface area contributed by atoms with Crippen LogP contribution in [0.5, 0.6) is 0 Å². The van der Waals surface area contributed by atoms with Crippen molar-refractivity contribution in [2.45, 2.75) is 19.8 Å². The summed E-state index contributed by atoms with van der Waals surface area (Å²) in [6, 6.07) is 3.69. The van der Waals surface area contributed by atoms with Gasteiger partial charge in [-0.3, -0.25) is 4.79 Å². The monoisotopic (exact) mass is 353 g/mol. The highest BCUT2D eigenvalue weighted by atomic mass is 16.5. The Bertz CT molecular complexity index is 911. The minimum Gasteiger partial charge on any atom is -0.472 e. The molecule has 0 spiro atoms. The molecule has 1 aliphatic rings. The van der Waals surface area contributed by atoms with Gasteiger partial charge in [-0.05, 0) is 25.8 Å². The van der Waals surface area contributed by atoms with Gasteiger partial charge in [0.25, 0.3) is 0 Å². The molecule has 4 heterocycles. The summed E-state index contributed by atoms with van der Waals surface area (Å²) in [4.78, 5) is 22.7. The molecule has 0 aliphatic carbocycles. The third kappa shape index (κ3) is 3.05. The summed E-state index contributed by atoms with van der Waals surface area (Å²) in [5, 5.41) is 3.94. The SMILES string of the molecule is Cc1cc(-c2cnc(N3CCC(C(N)=O)CC3)nc2-c2ccoc2)on1. The number of primary amides is 1. The van der Waals surface area contributed by atoms with Crippen molar-refractivity contribution < 1.29 is 13.7 Å². The van der Waals surface area contributed by atoms with E-state index in [-0.39, 0.29) is 11.8 Å². The van der Waals surface area contributed by atoms with Gasteiger partial charge < -0.3 is 19.6 Å². The highest BCUT2D eigenvalue weighted by Crippen LogP contribution is 2.32. The van der Waals surface area contributed by atoms with Gasteiger partial charge in [0.1, 0.15) is 0 Å². The van der Waals surface area contributed by atoms with E-state index in [1.165, 1.54) is 0 Å². The van der Waals surface area contributed by atoms with Crippen LogP contribution in [0.3, 0.4) is 0 Å². The third-order valence-electron chi connectivity index (χ3n) is 4.64. The van der Waals surface area contributed by atoms with Crippen molar-refractivity contribution in [1.82, 2.24) is 15.1 Å². The number of rotatable bonds is 4. The van der Waals surface area contributed by atoms with Crippen LogP contribution in [0.1, 0.15) is 18.5 Å². The Morgan fingerprint density at radius 2 is 2.15 bits per heavy atom. The molecule has 134 valence electrons. The number of carbonyl (C=O) groups is 1. The minimum absolute atomic E-state index is 0.0731. The lowest BCUT2D eigenvalue weighted by Gasteiger charge is -2.30. The number of amides is 1. The fourth-order valence-corrected chi connectivity index (χ4v) is 3.18.